The van der Waals surface area contributed by atoms with Gasteiger partial charge in [-0.15, -0.1) is 13.2 Å². The summed E-state index contributed by atoms with van der Waals surface area (Å²) in [6.07, 6.45) is -10.1. The van der Waals surface area contributed by atoms with Gasteiger partial charge in [0.2, 0.25) is 0 Å². The van der Waals surface area contributed by atoms with Gasteiger partial charge in [-0.25, -0.2) is 0 Å². The fourth-order valence-corrected chi connectivity index (χ4v) is 0.853. The van der Waals surface area contributed by atoms with Gasteiger partial charge in [0.25, 0.3) is 0 Å². The first kappa shape index (κ1) is 11.7. The van der Waals surface area contributed by atoms with Crippen LogP contribution in [0.4, 0.5) is 26.3 Å². The third-order valence-corrected chi connectivity index (χ3v) is 1.33. The average Bonchev–Trinajstić information content (AvgIpc) is 1.99. The largest absolute Gasteiger partial charge is 0.573 e. The number of halogens is 6. The highest BCUT2D eigenvalue weighted by atomic mass is 19.4. The summed E-state index contributed by atoms with van der Waals surface area (Å²) in [6, 6.07) is 4.05. The van der Waals surface area contributed by atoms with Gasteiger partial charge >= 0.3 is 12.5 Å². The van der Waals surface area contributed by atoms with Gasteiger partial charge in [0.05, 0.1) is 0 Å². The van der Waals surface area contributed by atoms with Crippen LogP contribution in [0.2, 0.25) is 0 Å². The van der Waals surface area contributed by atoms with E-state index >= 15 is 0 Å². The zero-order valence-corrected chi connectivity index (χ0v) is 6.91. The van der Waals surface area contributed by atoms with Gasteiger partial charge in [-0.1, -0.05) is 12.1 Å². The molecule has 0 saturated carbocycles. The molecule has 0 aromatic heterocycles. The lowest BCUT2D eigenvalue weighted by atomic mass is 10.2. The highest BCUT2D eigenvalue weighted by molar-refractivity contribution is 5.34. The molecule has 0 saturated heterocycles. The summed E-state index contributed by atoms with van der Waals surface area (Å²) in [5.41, 5.74) is -1.58. The first-order chi connectivity index (χ1) is 6.70. The summed E-state index contributed by atoms with van der Waals surface area (Å²) >= 11 is 0. The molecule has 0 amide bonds. The lowest BCUT2D eigenvalue weighted by Crippen LogP contribution is -2.20. The van der Waals surface area contributed by atoms with Crippen molar-refractivity contribution in [3.8, 4) is 5.75 Å². The molecule has 1 nitrogen and oxygen atoms in total. The van der Waals surface area contributed by atoms with Crippen LogP contribution >= 0.6 is 0 Å². The second kappa shape index (κ2) is 3.63. The van der Waals surface area contributed by atoms with Gasteiger partial charge in [-0.05, 0) is 12.1 Å². The molecule has 0 aliphatic heterocycles. The molecule has 0 atom stereocenters. The van der Waals surface area contributed by atoms with Crippen LogP contribution in [0.5, 0.6) is 5.75 Å². The zero-order valence-electron chi connectivity index (χ0n) is 6.91. The summed E-state index contributed by atoms with van der Waals surface area (Å²) in [5.74, 6) is -1.31. The van der Waals surface area contributed by atoms with Gasteiger partial charge in [0.1, 0.15) is 11.3 Å². The Morgan fingerprint density at radius 3 is 2.13 bits per heavy atom. The van der Waals surface area contributed by atoms with Gasteiger partial charge in [0.15, 0.2) is 0 Å². The maximum Gasteiger partial charge on any atom is 0.573 e. The molecule has 7 heteroatoms. The predicted octanol–water partition coefficient (Wildman–Crippen LogP) is 3.40. The molecule has 1 aromatic carbocycles. The number of hydrogen-bond donors (Lipinski definition) is 0. The van der Waals surface area contributed by atoms with E-state index in [4.69, 9.17) is 0 Å². The Morgan fingerprint density at radius 2 is 1.67 bits per heavy atom. The van der Waals surface area contributed by atoms with Crippen molar-refractivity contribution in [1.29, 1.82) is 0 Å². The smallest absolute Gasteiger partial charge is 0.405 e. The number of alkyl halides is 6. The fourth-order valence-electron chi connectivity index (χ4n) is 0.853. The minimum Gasteiger partial charge on any atom is -0.405 e. The van der Waals surface area contributed by atoms with Crippen molar-refractivity contribution in [3.05, 3.63) is 29.8 Å². The van der Waals surface area contributed by atoms with Crippen LogP contribution in [0.1, 0.15) is 5.56 Å². The molecule has 15 heavy (non-hydrogen) atoms. The summed E-state index contributed by atoms with van der Waals surface area (Å²) in [6.45, 7) is 0. The Balaban J connectivity index is 3.08. The van der Waals surface area contributed by atoms with Crippen molar-refractivity contribution in [2.24, 2.45) is 0 Å². The van der Waals surface area contributed by atoms with Crippen LogP contribution in [-0.4, -0.2) is 6.36 Å². The zero-order chi connectivity index (χ0) is 11.7. The van der Waals surface area contributed by atoms with E-state index < -0.39 is 23.9 Å². The van der Waals surface area contributed by atoms with E-state index in [0.29, 0.717) is 6.07 Å². The lowest BCUT2D eigenvalue weighted by Gasteiger charge is -2.14. The molecule has 1 rings (SSSR count). The predicted molar refractivity (Wildman–Crippen MR) is 37.0 cm³/mol. The fraction of sp³-hybridized carbons (Fsp3) is 0.250. The summed E-state index contributed by atoms with van der Waals surface area (Å²) in [7, 11) is 0. The molecule has 0 N–H and O–H groups in total. The Labute approximate surface area is 80.3 Å². The van der Waals surface area contributed by atoms with Crippen LogP contribution in [0, 0.1) is 6.07 Å². The van der Waals surface area contributed by atoms with Gasteiger partial charge in [0, 0.05) is 0 Å². The lowest BCUT2D eigenvalue weighted by molar-refractivity contribution is -0.276. The Hall–Kier alpha value is -1.40. The summed E-state index contributed by atoms with van der Waals surface area (Å²) in [5, 5.41) is 0. The molecular formula is C8H3F6O. The van der Waals surface area contributed by atoms with Crippen molar-refractivity contribution in [1.82, 2.24) is 0 Å². The quantitative estimate of drug-likeness (QED) is 0.670. The molecule has 0 fully saturated rings. The number of hydrogen-bond acceptors (Lipinski definition) is 1. The van der Waals surface area contributed by atoms with Gasteiger partial charge in [-0.2, -0.15) is 13.2 Å². The van der Waals surface area contributed by atoms with Crippen molar-refractivity contribution in [2.75, 3.05) is 0 Å². The maximum atomic E-state index is 12.1. The van der Waals surface area contributed by atoms with E-state index in [2.05, 4.69) is 4.74 Å². The molecule has 0 heterocycles. The molecule has 0 spiro atoms. The SMILES string of the molecule is FC(F)(F)Oc1ccc[c]c1C(F)(F)F. The van der Waals surface area contributed by atoms with Crippen LogP contribution in [0.15, 0.2) is 18.2 Å². The van der Waals surface area contributed by atoms with E-state index in [1.54, 1.807) is 6.07 Å². The molecular weight excluding hydrogens is 226 g/mol. The summed E-state index contributed by atoms with van der Waals surface area (Å²) < 4.78 is 74.8. The molecule has 0 aliphatic carbocycles. The van der Waals surface area contributed by atoms with E-state index in [-0.39, 0.29) is 0 Å². The Kier molecular flexibility index (Phi) is 2.83. The Morgan fingerprint density at radius 1 is 1.07 bits per heavy atom. The molecule has 0 unspecified atom stereocenters. The monoisotopic (exact) mass is 229 g/mol. The first-order valence-electron chi connectivity index (χ1n) is 3.54. The molecule has 1 radical (unpaired) electrons. The first-order valence-corrected chi connectivity index (χ1v) is 3.54. The van der Waals surface area contributed by atoms with Crippen LogP contribution in [-0.2, 0) is 6.18 Å². The number of benzene rings is 1. The molecule has 1 aromatic rings. The highest BCUT2D eigenvalue weighted by Crippen LogP contribution is 2.37. The second-order valence-corrected chi connectivity index (χ2v) is 2.45. The minimum absolute atomic E-state index is 0.576. The van der Waals surface area contributed by atoms with Crippen molar-refractivity contribution in [2.45, 2.75) is 12.5 Å². The van der Waals surface area contributed by atoms with Crippen LogP contribution < -0.4 is 4.74 Å². The minimum atomic E-state index is -5.16. The standard InChI is InChI=1S/C8H3F6O/c9-7(10,11)5-3-1-2-4-6(5)15-8(12,13)14/h1-2,4H. The molecule has 0 aliphatic rings. The van der Waals surface area contributed by atoms with Gasteiger partial charge < -0.3 is 4.74 Å². The number of rotatable bonds is 1. The number of ether oxygens (including phenoxy) is 1. The van der Waals surface area contributed by atoms with Crippen molar-refractivity contribution in [3.63, 3.8) is 0 Å². The van der Waals surface area contributed by atoms with Crippen molar-refractivity contribution < 1.29 is 31.1 Å². The molecule has 0 bridgehead atoms. The Bertz CT molecular complexity index is 340. The van der Waals surface area contributed by atoms with Crippen molar-refractivity contribution >= 4 is 0 Å². The molecule has 83 valence electrons. The maximum absolute atomic E-state index is 12.1. The third kappa shape index (κ3) is 3.34. The summed E-state index contributed by atoms with van der Waals surface area (Å²) in [4.78, 5) is 0. The van der Waals surface area contributed by atoms with Gasteiger partial charge in [-0.3, -0.25) is 0 Å². The van der Waals surface area contributed by atoms with E-state index in [0.717, 1.165) is 12.1 Å². The topological polar surface area (TPSA) is 9.23 Å². The highest BCUT2D eigenvalue weighted by Gasteiger charge is 2.39. The van der Waals surface area contributed by atoms with E-state index in [1.807, 2.05) is 0 Å². The van der Waals surface area contributed by atoms with Crippen LogP contribution in [0.3, 0.4) is 0 Å². The van der Waals surface area contributed by atoms with Crippen LogP contribution in [0.25, 0.3) is 0 Å². The second-order valence-electron chi connectivity index (χ2n) is 2.45. The normalized spacial score (nSPS) is 12.7. The van der Waals surface area contributed by atoms with E-state index in [1.165, 1.54) is 0 Å². The third-order valence-electron chi connectivity index (χ3n) is 1.33. The van der Waals surface area contributed by atoms with E-state index in [9.17, 15) is 26.3 Å². The average molecular weight is 229 g/mol.